The Morgan fingerprint density at radius 2 is 1.83 bits per heavy atom. The number of hydrogen-bond acceptors (Lipinski definition) is 4. The van der Waals surface area contributed by atoms with Crippen molar-refractivity contribution in [2.24, 2.45) is 0 Å². The lowest BCUT2D eigenvalue weighted by molar-refractivity contribution is -0.137. The summed E-state index contributed by atoms with van der Waals surface area (Å²) in [6.45, 7) is 6.46. The molecule has 96 valence electrons. The SMILES string of the molecule is C=CC(=O)OC.C=COC(=O)Cc1ccccc1. The third kappa shape index (κ3) is 7.87. The first kappa shape index (κ1) is 15.6. The first-order valence-electron chi connectivity index (χ1n) is 5.18. The predicted octanol–water partition coefficient (Wildman–Crippen LogP) is 2.26. The van der Waals surface area contributed by atoms with Crippen LogP contribution in [0.25, 0.3) is 0 Å². The topological polar surface area (TPSA) is 52.6 Å². The van der Waals surface area contributed by atoms with Crippen molar-refractivity contribution in [1.82, 2.24) is 0 Å². The van der Waals surface area contributed by atoms with Gasteiger partial charge in [-0.15, -0.1) is 0 Å². The Morgan fingerprint density at radius 1 is 1.22 bits per heavy atom. The molecule has 0 aliphatic carbocycles. The van der Waals surface area contributed by atoms with Gasteiger partial charge in [-0.1, -0.05) is 43.5 Å². The van der Waals surface area contributed by atoms with Crippen molar-refractivity contribution in [3.8, 4) is 0 Å². The summed E-state index contributed by atoms with van der Waals surface area (Å²) in [4.78, 5) is 20.8. The summed E-state index contributed by atoms with van der Waals surface area (Å²) in [6.07, 6.45) is 2.55. The van der Waals surface area contributed by atoms with Crippen LogP contribution in [0.5, 0.6) is 0 Å². The standard InChI is InChI=1S/C10H10O2.C4H6O2/c1-2-12-10(11)8-9-6-4-3-5-7-9;1-3-4(5)6-2/h2-7H,1,8H2;3H,1H2,2H3. The van der Waals surface area contributed by atoms with Crippen LogP contribution >= 0.6 is 0 Å². The number of carbonyl (C=O) groups excluding carboxylic acids is 2. The second-order valence-electron chi connectivity index (χ2n) is 3.05. The molecule has 0 saturated heterocycles. The van der Waals surface area contributed by atoms with Crippen LogP contribution in [0.3, 0.4) is 0 Å². The molecule has 1 aromatic rings. The Kier molecular flexibility index (Phi) is 8.55. The first-order valence-corrected chi connectivity index (χ1v) is 5.18. The van der Waals surface area contributed by atoms with E-state index >= 15 is 0 Å². The molecule has 0 N–H and O–H groups in total. The van der Waals surface area contributed by atoms with E-state index in [-0.39, 0.29) is 5.97 Å². The van der Waals surface area contributed by atoms with Gasteiger partial charge in [-0.2, -0.15) is 0 Å². The van der Waals surface area contributed by atoms with E-state index in [1.54, 1.807) is 0 Å². The Labute approximate surface area is 107 Å². The second-order valence-corrected chi connectivity index (χ2v) is 3.05. The van der Waals surface area contributed by atoms with Crippen LogP contribution < -0.4 is 0 Å². The van der Waals surface area contributed by atoms with Crippen LogP contribution in [0.1, 0.15) is 5.56 Å². The van der Waals surface area contributed by atoms with E-state index in [1.807, 2.05) is 30.3 Å². The van der Waals surface area contributed by atoms with Crippen molar-refractivity contribution in [2.45, 2.75) is 6.42 Å². The summed E-state index contributed by atoms with van der Waals surface area (Å²) < 4.78 is 8.71. The molecule has 0 amide bonds. The number of carbonyl (C=O) groups is 2. The summed E-state index contributed by atoms with van der Waals surface area (Å²) in [7, 11) is 1.31. The summed E-state index contributed by atoms with van der Waals surface area (Å²) in [5, 5.41) is 0. The van der Waals surface area contributed by atoms with Crippen molar-refractivity contribution in [3.05, 3.63) is 61.4 Å². The number of methoxy groups -OCH3 is 1. The van der Waals surface area contributed by atoms with Gasteiger partial charge in [0.1, 0.15) is 0 Å². The van der Waals surface area contributed by atoms with E-state index in [9.17, 15) is 9.59 Å². The molecule has 4 nitrogen and oxygen atoms in total. The molecule has 0 heterocycles. The highest BCUT2D eigenvalue weighted by atomic mass is 16.5. The minimum atomic E-state index is -0.394. The molecule has 0 radical (unpaired) electrons. The van der Waals surface area contributed by atoms with Gasteiger partial charge in [0.15, 0.2) is 0 Å². The molecular weight excluding hydrogens is 232 g/mol. The van der Waals surface area contributed by atoms with Crippen LogP contribution in [-0.2, 0) is 25.5 Å². The van der Waals surface area contributed by atoms with Gasteiger partial charge < -0.3 is 9.47 Å². The van der Waals surface area contributed by atoms with Crippen LogP contribution in [-0.4, -0.2) is 19.0 Å². The third-order valence-electron chi connectivity index (χ3n) is 1.77. The monoisotopic (exact) mass is 248 g/mol. The Hall–Kier alpha value is -2.36. The Bertz CT molecular complexity index is 396. The summed E-state index contributed by atoms with van der Waals surface area (Å²) in [5.74, 6) is -0.675. The van der Waals surface area contributed by atoms with Crippen molar-refractivity contribution < 1.29 is 19.1 Å². The molecule has 0 aliphatic rings. The van der Waals surface area contributed by atoms with Gasteiger partial charge in [-0.05, 0) is 5.56 Å². The van der Waals surface area contributed by atoms with E-state index in [0.717, 1.165) is 17.9 Å². The van der Waals surface area contributed by atoms with Gasteiger partial charge in [-0.25, -0.2) is 4.79 Å². The van der Waals surface area contributed by atoms with E-state index in [4.69, 9.17) is 0 Å². The number of benzene rings is 1. The molecule has 18 heavy (non-hydrogen) atoms. The van der Waals surface area contributed by atoms with Crippen molar-refractivity contribution in [2.75, 3.05) is 7.11 Å². The van der Waals surface area contributed by atoms with Gasteiger partial charge in [-0.3, -0.25) is 4.79 Å². The van der Waals surface area contributed by atoms with E-state index < -0.39 is 5.97 Å². The average Bonchev–Trinajstić information content (AvgIpc) is 2.40. The molecule has 1 rings (SSSR count). The van der Waals surface area contributed by atoms with Crippen LogP contribution in [0.2, 0.25) is 0 Å². The summed E-state index contributed by atoms with van der Waals surface area (Å²) in [6, 6.07) is 9.43. The van der Waals surface area contributed by atoms with E-state index in [0.29, 0.717) is 6.42 Å². The van der Waals surface area contributed by atoms with Crippen molar-refractivity contribution in [1.29, 1.82) is 0 Å². The zero-order valence-corrected chi connectivity index (χ0v) is 10.3. The van der Waals surface area contributed by atoms with Crippen molar-refractivity contribution in [3.63, 3.8) is 0 Å². The minimum absolute atomic E-state index is 0.281. The zero-order valence-electron chi connectivity index (χ0n) is 10.3. The predicted molar refractivity (Wildman–Crippen MR) is 68.6 cm³/mol. The first-order chi connectivity index (χ1) is 8.63. The summed E-state index contributed by atoms with van der Waals surface area (Å²) in [5.41, 5.74) is 0.948. The average molecular weight is 248 g/mol. The highest BCUT2D eigenvalue weighted by molar-refractivity contribution is 5.80. The lowest BCUT2D eigenvalue weighted by atomic mass is 10.2. The zero-order chi connectivity index (χ0) is 13.8. The van der Waals surface area contributed by atoms with Crippen LogP contribution in [0.15, 0.2) is 55.8 Å². The third-order valence-corrected chi connectivity index (χ3v) is 1.77. The fourth-order valence-corrected chi connectivity index (χ4v) is 0.980. The number of hydrogen-bond donors (Lipinski definition) is 0. The molecule has 0 saturated carbocycles. The largest absolute Gasteiger partial charge is 0.466 e. The van der Waals surface area contributed by atoms with Gasteiger partial charge in [0.2, 0.25) is 0 Å². The molecule has 0 aliphatic heterocycles. The number of esters is 2. The van der Waals surface area contributed by atoms with Gasteiger partial charge in [0, 0.05) is 6.08 Å². The molecule has 1 aromatic carbocycles. The molecule has 0 unspecified atom stereocenters. The lowest BCUT2D eigenvalue weighted by Crippen LogP contribution is -2.03. The van der Waals surface area contributed by atoms with E-state index in [2.05, 4.69) is 22.6 Å². The number of ether oxygens (including phenoxy) is 2. The van der Waals surface area contributed by atoms with Crippen LogP contribution in [0.4, 0.5) is 0 Å². The fraction of sp³-hybridized carbons (Fsp3) is 0.143. The maximum absolute atomic E-state index is 10.9. The highest BCUT2D eigenvalue weighted by Crippen LogP contribution is 2.00. The maximum atomic E-state index is 10.9. The molecule has 0 atom stereocenters. The summed E-state index contributed by atoms with van der Waals surface area (Å²) >= 11 is 0. The molecule has 4 heteroatoms. The molecule has 0 bridgehead atoms. The smallest absolute Gasteiger partial charge is 0.329 e. The van der Waals surface area contributed by atoms with Gasteiger partial charge in [0.25, 0.3) is 0 Å². The van der Waals surface area contributed by atoms with E-state index in [1.165, 1.54) is 7.11 Å². The minimum Gasteiger partial charge on any atom is -0.466 e. The lowest BCUT2D eigenvalue weighted by Gasteiger charge is -1.98. The quantitative estimate of drug-likeness (QED) is 0.466. The van der Waals surface area contributed by atoms with Gasteiger partial charge >= 0.3 is 11.9 Å². The highest BCUT2D eigenvalue weighted by Gasteiger charge is 2.00. The fourth-order valence-electron chi connectivity index (χ4n) is 0.980. The molecule has 0 fully saturated rings. The maximum Gasteiger partial charge on any atom is 0.329 e. The van der Waals surface area contributed by atoms with Crippen LogP contribution in [0, 0.1) is 0 Å². The van der Waals surface area contributed by atoms with Gasteiger partial charge in [0.05, 0.1) is 19.8 Å². The Morgan fingerprint density at radius 3 is 2.22 bits per heavy atom. The molecule has 0 aromatic heterocycles. The number of rotatable bonds is 4. The Balaban J connectivity index is 0.000000411. The molecular formula is C14H16O4. The molecule has 0 spiro atoms. The second kappa shape index (κ2) is 9.84. The normalized spacial score (nSPS) is 8.28. The van der Waals surface area contributed by atoms with Crippen molar-refractivity contribution >= 4 is 11.9 Å².